The summed E-state index contributed by atoms with van der Waals surface area (Å²) >= 11 is 3.43. The Morgan fingerprint density at radius 1 is 1.33 bits per heavy atom. The molecule has 0 aliphatic heterocycles. The summed E-state index contributed by atoms with van der Waals surface area (Å²) in [5.41, 5.74) is 1.21. The molecule has 0 aliphatic carbocycles. The number of pyridine rings is 2. The van der Waals surface area contributed by atoms with Crippen LogP contribution in [0.1, 0.15) is 20.8 Å². The first-order chi connectivity index (χ1) is 9.80. The van der Waals surface area contributed by atoms with Crippen molar-refractivity contribution in [1.82, 2.24) is 9.97 Å². The summed E-state index contributed by atoms with van der Waals surface area (Å²) in [4.78, 5) is 20.4. The fraction of sp³-hybridized carbons (Fsp3) is 0.357. The van der Waals surface area contributed by atoms with Gasteiger partial charge in [-0.05, 0) is 42.8 Å². The van der Waals surface area contributed by atoms with Crippen molar-refractivity contribution in [1.29, 1.82) is 0 Å². The molecule has 0 aromatic carbocycles. The molecule has 2 heterocycles. The van der Waals surface area contributed by atoms with Gasteiger partial charge in [0.2, 0.25) is 5.88 Å². The number of nitrogens with zero attached hydrogens (tertiary/aromatic N) is 2. The molecule has 0 aliphatic rings. The standard InChI is InChI=1S/C14H16BrN3O3/c1-14(2,3)21-13(19)17-9-7-16-8-5-6-10(20-4)18-12(8)11(9)15/h5-7H,1-4H3,(H,17,19). The van der Waals surface area contributed by atoms with Crippen LogP contribution in [0.25, 0.3) is 11.0 Å². The quantitative estimate of drug-likeness (QED) is 0.889. The van der Waals surface area contributed by atoms with Gasteiger partial charge in [0.05, 0.1) is 29.0 Å². The Bertz CT molecular complexity index is 683. The normalized spacial score (nSPS) is 11.3. The molecule has 0 spiro atoms. The zero-order valence-corrected chi connectivity index (χ0v) is 13.8. The number of hydrogen-bond donors (Lipinski definition) is 1. The van der Waals surface area contributed by atoms with Gasteiger partial charge in [-0.15, -0.1) is 0 Å². The number of fused-ring (bicyclic) bond motifs is 1. The lowest BCUT2D eigenvalue weighted by Crippen LogP contribution is -2.27. The smallest absolute Gasteiger partial charge is 0.412 e. The van der Waals surface area contributed by atoms with Gasteiger partial charge < -0.3 is 9.47 Å². The minimum Gasteiger partial charge on any atom is -0.481 e. The van der Waals surface area contributed by atoms with E-state index in [1.165, 1.54) is 7.11 Å². The fourth-order valence-corrected chi connectivity index (χ4v) is 2.13. The van der Waals surface area contributed by atoms with Crippen molar-refractivity contribution in [3.8, 4) is 5.88 Å². The minimum absolute atomic E-state index is 0.472. The van der Waals surface area contributed by atoms with Crippen LogP contribution in [-0.2, 0) is 4.74 Å². The topological polar surface area (TPSA) is 73.3 Å². The van der Waals surface area contributed by atoms with Gasteiger partial charge >= 0.3 is 6.09 Å². The number of aromatic nitrogens is 2. The largest absolute Gasteiger partial charge is 0.481 e. The molecule has 112 valence electrons. The molecule has 0 radical (unpaired) electrons. The van der Waals surface area contributed by atoms with Gasteiger partial charge in [-0.25, -0.2) is 9.78 Å². The highest BCUT2D eigenvalue weighted by Gasteiger charge is 2.18. The fourth-order valence-electron chi connectivity index (χ4n) is 1.63. The predicted molar refractivity (Wildman–Crippen MR) is 83.6 cm³/mol. The molecule has 0 fully saturated rings. The van der Waals surface area contributed by atoms with Gasteiger partial charge in [0.1, 0.15) is 11.1 Å². The highest BCUT2D eigenvalue weighted by atomic mass is 79.9. The maximum absolute atomic E-state index is 11.8. The highest BCUT2D eigenvalue weighted by Crippen LogP contribution is 2.30. The van der Waals surface area contributed by atoms with E-state index in [1.807, 2.05) is 0 Å². The Kier molecular flexibility index (Phi) is 4.32. The zero-order valence-electron chi connectivity index (χ0n) is 12.2. The number of hydrogen-bond acceptors (Lipinski definition) is 5. The van der Waals surface area contributed by atoms with Gasteiger partial charge in [-0.3, -0.25) is 10.3 Å². The van der Waals surface area contributed by atoms with Crippen molar-refractivity contribution in [3.63, 3.8) is 0 Å². The van der Waals surface area contributed by atoms with E-state index in [1.54, 1.807) is 39.1 Å². The summed E-state index contributed by atoms with van der Waals surface area (Å²) in [5, 5.41) is 2.65. The van der Waals surface area contributed by atoms with Crippen molar-refractivity contribution in [2.75, 3.05) is 12.4 Å². The van der Waals surface area contributed by atoms with Crippen LogP contribution >= 0.6 is 15.9 Å². The van der Waals surface area contributed by atoms with Crippen LogP contribution in [0.3, 0.4) is 0 Å². The summed E-state index contributed by atoms with van der Waals surface area (Å²) in [6, 6.07) is 3.52. The van der Waals surface area contributed by atoms with Crippen LogP contribution in [0.2, 0.25) is 0 Å². The van der Waals surface area contributed by atoms with Crippen LogP contribution in [-0.4, -0.2) is 28.8 Å². The summed E-state index contributed by atoms with van der Waals surface area (Å²) in [6.45, 7) is 5.39. The monoisotopic (exact) mass is 353 g/mol. The van der Waals surface area contributed by atoms with E-state index in [4.69, 9.17) is 9.47 Å². The van der Waals surface area contributed by atoms with E-state index >= 15 is 0 Å². The van der Waals surface area contributed by atoms with Crippen molar-refractivity contribution in [2.45, 2.75) is 26.4 Å². The van der Waals surface area contributed by atoms with Crippen LogP contribution in [0.15, 0.2) is 22.8 Å². The predicted octanol–water partition coefficient (Wildman–Crippen LogP) is 3.75. The first-order valence-corrected chi connectivity index (χ1v) is 7.09. The first kappa shape index (κ1) is 15.5. The molecule has 0 atom stereocenters. The van der Waals surface area contributed by atoms with E-state index < -0.39 is 11.7 Å². The van der Waals surface area contributed by atoms with Crippen LogP contribution in [0.5, 0.6) is 5.88 Å². The number of rotatable bonds is 2. The molecule has 0 saturated heterocycles. The third-order valence-corrected chi connectivity index (χ3v) is 3.27. The minimum atomic E-state index is -0.567. The molecule has 1 amide bonds. The van der Waals surface area contributed by atoms with E-state index in [2.05, 4.69) is 31.2 Å². The number of halogens is 1. The Labute approximate surface area is 131 Å². The Morgan fingerprint density at radius 3 is 2.67 bits per heavy atom. The molecule has 6 nitrogen and oxygen atoms in total. The summed E-state index contributed by atoms with van der Waals surface area (Å²) in [5.74, 6) is 0.472. The summed E-state index contributed by atoms with van der Waals surface area (Å²) in [6.07, 6.45) is 0.997. The highest BCUT2D eigenvalue weighted by molar-refractivity contribution is 9.10. The summed E-state index contributed by atoms with van der Waals surface area (Å²) < 4.78 is 10.9. The zero-order chi connectivity index (χ0) is 15.6. The Hall–Kier alpha value is -1.89. The van der Waals surface area contributed by atoms with Crippen molar-refractivity contribution in [2.24, 2.45) is 0 Å². The van der Waals surface area contributed by atoms with Crippen LogP contribution in [0, 0.1) is 0 Å². The van der Waals surface area contributed by atoms with Crippen molar-refractivity contribution < 1.29 is 14.3 Å². The average molecular weight is 354 g/mol. The van der Waals surface area contributed by atoms with E-state index in [9.17, 15) is 4.79 Å². The number of nitrogens with one attached hydrogen (secondary N) is 1. The maximum Gasteiger partial charge on any atom is 0.412 e. The second-order valence-corrected chi connectivity index (χ2v) is 6.13. The molecule has 21 heavy (non-hydrogen) atoms. The molecule has 1 N–H and O–H groups in total. The van der Waals surface area contributed by atoms with Gasteiger partial charge in [0.15, 0.2) is 0 Å². The number of amides is 1. The third-order valence-electron chi connectivity index (χ3n) is 2.47. The molecule has 2 rings (SSSR count). The van der Waals surface area contributed by atoms with Crippen LogP contribution in [0.4, 0.5) is 10.5 Å². The lowest BCUT2D eigenvalue weighted by molar-refractivity contribution is 0.0636. The first-order valence-electron chi connectivity index (χ1n) is 6.29. The van der Waals surface area contributed by atoms with E-state index in [0.717, 1.165) is 0 Å². The second-order valence-electron chi connectivity index (χ2n) is 5.33. The van der Waals surface area contributed by atoms with E-state index in [-0.39, 0.29) is 0 Å². The van der Waals surface area contributed by atoms with Gasteiger partial charge in [-0.1, -0.05) is 0 Å². The number of carbonyl (C=O) groups is 1. The Morgan fingerprint density at radius 2 is 2.05 bits per heavy atom. The molecule has 2 aromatic heterocycles. The third kappa shape index (κ3) is 3.81. The number of methoxy groups -OCH3 is 1. The molecule has 0 saturated carbocycles. The van der Waals surface area contributed by atoms with Crippen LogP contribution < -0.4 is 10.1 Å². The van der Waals surface area contributed by atoms with Crippen molar-refractivity contribution in [3.05, 3.63) is 22.8 Å². The lowest BCUT2D eigenvalue weighted by Gasteiger charge is -2.20. The molecule has 0 bridgehead atoms. The Balaban J connectivity index is 2.33. The van der Waals surface area contributed by atoms with Gasteiger partial charge in [0, 0.05) is 6.07 Å². The SMILES string of the molecule is COc1ccc2ncc(NC(=O)OC(C)(C)C)c(Br)c2n1. The molecule has 0 unspecified atom stereocenters. The van der Waals surface area contributed by atoms with E-state index in [0.29, 0.717) is 27.1 Å². The molecular formula is C14H16BrN3O3. The number of anilines is 1. The van der Waals surface area contributed by atoms with Gasteiger partial charge in [0.25, 0.3) is 0 Å². The molecular weight excluding hydrogens is 338 g/mol. The van der Waals surface area contributed by atoms with Gasteiger partial charge in [-0.2, -0.15) is 0 Å². The second kappa shape index (κ2) is 5.85. The number of ether oxygens (including phenoxy) is 2. The lowest BCUT2D eigenvalue weighted by atomic mass is 10.2. The molecule has 2 aromatic rings. The maximum atomic E-state index is 11.8. The summed E-state index contributed by atoms with van der Waals surface area (Å²) in [7, 11) is 1.54. The average Bonchev–Trinajstić information content (AvgIpc) is 2.39. The van der Waals surface area contributed by atoms with Crippen molar-refractivity contribution >= 4 is 38.7 Å². The molecule has 7 heteroatoms. The number of carbonyl (C=O) groups excluding carboxylic acids is 1.